The van der Waals surface area contributed by atoms with Crippen molar-refractivity contribution in [3.8, 4) is 0 Å². The number of rotatable bonds is 11. The van der Waals surface area contributed by atoms with E-state index in [2.05, 4.69) is 24.5 Å². The summed E-state index contributed by atoms with van der Waals surface area (Å²) in [4.78, 5) is 51.8. The predicted molar refractivity (Wildman–Crippen MR) is 188 cm³/mol. The molecule has 256 valence electrons. The second kappa shape index (κ2) is 12.9. The number of nitrogens with two attached hydrogens (primary N) is 1. The van der Waals surface area contributed by atoms with Crippen molar-refractivity contribution in [1.29, 1.82) is 0 Å². The molecule has 4 aliphatic rings. The average Bonchev–Trinajstić information content (AvgIpc) is 3.73. The summed E-state index contributed by atoms with van der Waals surface area (Å²) >= 11 is 2.94. The molecule has 0 spiro atoms. The molecule has 0 aromatic heterocycles. The zero-order valence-electron chi connectivity index (χ0n) is 26.6. The Labute approximate surface area is 291 Å². The van der Waals surface area contributed by atoms with Crippen LogP contribution < -0.4 is 15.8 Å². The highest BCUT2D eigenvalue weighted by Crippen LogP contribution is 2.68. The van der Waals surface area contributed by atoms with Gasteiger partial charge < -0.3 is 20.8 Å². The Morgan fingerprint density at radius 1 is 0.776 bits per heavy atom. The van der Waals surface area contributed by atoms with Crippen LogP contribution in [0.25, 0.3) is 0 Å². The Morgan fingerprint density at radius 2 is 1.20 bits per heavy atom. The van der Waals surface area contributed by atoms with Crippen LogP contribution in [0.15, 0.2) is 97.7 Å². The van der Waals surface area contributed by atoms with Crippen LogP contribution in [0, 0.1) is 0 Å². The van der Waals surface area contributed by atoms with Crippen LogP contribution in [-0.4, -0.2) is 69.9 Å². The fourth-order valence-corrected chi connectivity index (χ4v) is 10.3. The van der Waals surface area contributed by atoms with Gasteiger partial charge >= 0.3 is 11.9 Å². The number of nitrogens with zero attached hydrogens (tertiary/aromatic N) is 1. The number of primary sulfonamides is 1. The lowest BCUT2D eigenvalue weighted by molar-refractivity contribution is -0.142. The smallest absolute Gasteiger partial charge is 0.317 e. The van der Waals surface area contributed by atoms with Crippen LogP contribution in [-0.2, 0) is 35.7 Å². The first-order valence-corrected chi connectivity index (χ1v) is 18.5. The lowest BCUT2D eigenvalue weighted by Gasteiger charge is -2.46. The monoisotopic (exact) mass is 722 g/mol. The van der Waals surface area contributed by atoms with Gasteiger partial charge in [0.15, 0.2) is 0 Å². The maximum absolute atomic E-state index is 13.7. The fraction of sp³-hybridized carbons (Fsp3) is 0.294. The molecule has 12 nitrogen and oxygen atoms in total. The lowest BCUT2D eigenvalue weighted by atomic mass is 9.72. The van der Waals surface area contributed by atoms with E-state index >= 15 is 0 Å². The van der Waals surface area contributed by atoms with Gasteiger partial charge in [0.25, 0.3) is 11.8 Å². The normalized spacial score (nSPS) is 22.7. The third kappa shape index (κ3) is 6.73. The van der Waals surface area contributed by atoms with Crippen LogP contribution in [0.2, 0.25) is 0 Å². The summed E-state index contributed by atoms with van der Waals surface area (Å²) in [5.74, 6) is -2.84. The summed E-state index contributed by atoms with van der Waals surface area (Å²) in [6.07, 6.45) is 6.66. The Bertz CT molecular complexity index is 2000. The molecule has 2 heterocycles. The van der Waals surface area contributed by atoms with Crippen molar-refractivity contribution in [2.24, 2.45) is 5.14 Å². The molecule has 2 amide bonds. The summed E-state index contributed by atoms with van der Waals surface area (Å²) in [6.45, 7) is 3.53. The minimum Gasteiger partial charge on any atom is -0.480 e. The molecule has 6 rings (SSSR count). The molecule has 0 radical (unpaired) electrons. The second-order valence-electron chi connectivity index (χ2n) is 12.5. The number of carboxylic acid groups (broad SMARTS) is 2. The number of hydrogen-bond donors (Lipinski definition) is 5. The van der Waals surface area contributed by atoms with Crippen LogP contribution in [0.3, 0.4) is 0 Å². The Morgan fingerprint density at radius 3 is 1.61 bits per heavy atom. The summed E-state index contributed by atoms with van der Waals surface area (Å²) in [7, 11) is -3.86. The molecule has 0 saturated heterocycles. The zero-order valence-corrected chi connectivity index (χ0v) is 29.1. The second-order valence-corrected chi connectivity index (χ2v) is 17.0. The summed E-state index contributed by atoms with van der Waals surface area (Å²) in [5.41, 5.74) is 6.29. The first kappa shape index (κ1) is 34.7. The highest BCUT2D eigenvalue weighted by Gasteiger charge is 2.60. The molecule has 2 aromatic rings. The third-order valence-corrected chi connectivity index (χ3v) is 13.4. The van der Waals surface area contributed by atoms with Gasteiger partial charge in [-0.05, 0) is 110 Å². The first-order valence-electron chi connectivity index (χ1n) is 15.4. The predicted octanol–water partition coefficient (Wildman–Crippen LogP) is 4.45. The van der Waals surface area contributed by atoms with Gasteiger partial charge in [0.2, 0.25) is 10.0 Å². The molecule has 2 unspecified atom stereocenters. The molecular formula is C34H34N4O8S3. The minimum absolute atomic E-state index is 0.0503. The molecule has 1 fully saturated rings. The molecule has 15 heteroatoms. The number of benzene rings is 2. The molecular weight excluding hydrogens is 689 g/mol. The topological polar surface area (TPSA) is 196 Å². The number of carbonyl (C=O) groups is 4. The van der Waals surface area contributed by atoms with Crippen LogP contribution in [0.5, 0.6) is 0 Å². The van der Waals surface area contributed by atoms with E-state index in [1.165, 1.54) is 63.8 Å². The number of nitrogens with one attached hydrogen (secondary N) is 2. The minimum atomic E-state index is -3.86. The van der Waals surface area contributed by atoms with Gasteiger partial charge in [-0.3, -0.25) is 24.1 Å². The van der Waals surface area contributed by atoms with Crippen LogP contribution in [0.1, 0.15) is 38.7 Å². The van der Waals surface area contributed by atoms with Crippen molar-refractivity contribution >= 4 is 68.7 Å². The van der Waals surface area contributed by atoms with Gasteiger partial charge in [-0.1, -0.05) is 12.1 Å². The summed E-state index contributed by atoms with van der Waals surface area (Å²) in [5, 5.41) is 29.3. The van der Waals surface area contributed by atoms with Crippen molar-refractivity contribution < 1.29 is 37.8 Å². The molecule has 2 atom stereocenters. The molecule has 1 saturated carbocycles. The number of sulfonamides is 1. The number of allylic oxidation sites excluding steroid dienone is 4. The van der Waals surface area contributed by atoms with Gasteiger partial charge in [0.1, 0.15) is 0 Å². The van der Waals surface area contributed by atoms with Gasteiger partial charge in [-0.2, -0.15) is 0 Å². The number of thioether (sulfide) groups is 2. The Balaban J connectivity index is 1.18. The molecule has 0 bridgehead atoms. The van der Waals surface area contributed by atoms with Gasteiger partial charge in [-0.15, -0.1) is 23.5 Å². The molecule has 2 aromatic carbocycles. The number of anilines is 2. The Kier molecular flexibility index (Phi) is 9.17. The van der Waals surface area contributed by atoms with E-state index in [9.17, 15) is 27.6 Å². The van der Waals surface area contributed by atoms with Crippen molar-refractivity contribution in [3.05, 3.63) is 98.3 Å². The number of hydrogen-bond acceptors (Lipinski definition) is 9. The van der Waals surface area contributed by atoms with E-state index < -0.39 is 44.5 Å². The lowest BCUT2D eigenvalue weighted by Crippen LogP contribution is -2.47. The standard InChI is InChI=1S/C34H34N4O8S3/c1-33-25(14-27(47-33)31(43)36-20-8-6-19(7-9-20)16-38(17-29(39)40)18-30(41)42)23-4-3-5-24(23)26-15-28(48-34(26,33)2)32(44)37-21-10-12-22(13-11-21)49(35,45)46/h6-15H,3-5,16-18H2,1-2H3,(H,36,43)(H,37,44)(H,39,40)(H,41,42)(H2,35,45,46). The molecule has 6 N–H and O–H groups in total. The van der Waals surface area contributed by atoms with Crippen molar-refractivity contribution in [2.75, 3.05) is 23.7 Å². The Hall–Kier alpha value is -4.15. The summed E-state index contributed by atoms with van der Waals surface area (Å²) < 4.78 is 22.1. The highest BCUT2D eigenvalue weighted by molar-refractivity contribution is 8.10. The SMILES string of the molecule is CC12SC(C(=O)Nc3ccc(CN(CC(=O)O)CC(=O)O)cc3)=CC1=C1CCCC1=C1C=C(C(=O)Nc3ccc(S(N)(=O)=O)cc3)SC12C. The molecule has 2 aliphatic heterocycles. The fourth-order valence-electron chi connectivity index (χ4n) is 6.78. The first-order chi connectivity index (χ1) is 23.1. The van der Waals surface area contributed by atoms with E-state index in [0.29, 0.717) is 26.7 Å². The van der Waals surface area contributed by atoms with Gasteiger partial charge in [-0.25, -0.2) is 13.6 Å². The maximum Gasteiger partial charge on any atom is 0.317 e. The molecule has 2 aliphatic carbocycles. The van der Waals surface area contributed by atoms with E-state index in [-0.39, 0.29) is 23.3 Å². The third-order valence-electron chi connectivity index (χ3n) is 9.21. The molecule has 49 heavy (non-hydrogen) atoms. The van der Waals surface area contributed by atoms with Crippen LogP contribution >= 0.6 is 23.5 Å². The van der Waals surface area contributed by atoms with Crippen LogP contribution in [0.4, 0.5) is 11.4 Å². The highest BCUT2D eigenvalue weighted by atomic mass is 32.2. The van der Waals surface area contributed by atoms with Crippen molar-refractivity contribution in [1.82, 2.24) is 4.90 Å². The number of fused-ring (bicyclic) bond motifs is 4. The van der Waals surface area contributed by atoms with Crippen molar-refractivity contribution in [2.45, 2.75) is 54.0 Å². The van der Waals surface area contributed by atoms with Crippen molar-refractivity contribution in [3.63, 3.8) is 0 Å². The summed E-state index contributed by atoms with van der Waals surface area (Å²) in [6, 6.07) is 12.5. The quantitative estimate of drug-likeness (QED) is 0.220. The average molecular weight is 723 g/mol. The van der Waals surface area contributed by atoms with Gasteiger partial charge in [0, 0.05) is 17.9 Å². The van der Waals surface area contributed by atoms with E-state index in [1.54, 1.807) is 24.3 Å². The van der Waals surface area contributed by atoms with E-state index in [0.717, 1.165) is 30.4 Å². The largest absolute Gasteiger partial charge is 0.480 e. The zero-order chi connectivity index (χ0) is 35.3. The number of amides is 2. The number of aliphatic carboxylic acids is 2. The number of carbonyl (C=O) groups excluding carboxylic acids is 2. The van der Waals surface area contributed by atoms with E-state index in [4.69, 9.17) is 15.4 Å². The van der Waals surface area contributed by atoms with E-state index in [1.807, 2.05) is 12.2 Å². The van der Waals surface area contributed by atoms with Gasteiger partial charge in [0.05, 0.1) is 37.3 Å². The number of carboxylic acids is 2. The maximum atomic E-state index is 13.7.